The number of amides is 2. The zero-order valence-corrected chi connectivity index (χ0v) is 19.5. The van der Waals surface area contributed by atoms with Crippen molar-refractivity contribution in [2.24, 2.45) is 0 Å². The van der Waals surface area contributed by atoms with Crippen LogP contribution in [-0.2, 0) is 16.1 Å². The summed E-state index contributed by atoms with van der Waals surface area (Å²) in [5, 5.41) is 3.79. The lowest BCUT2D eigenvalue weighted by molar-refractivity contribution is -0.130. The van der Waals surface area contributed by atoms with Gasteiger partial charge in [0.05, 0.1) is 6.04 Å². The smallest absolute Gasteiger partial charge is 0.266 e. The topological polar surface area (TPSA) is 54.3 Å². The Labute approximate surface area is 203 Å². The summed E-state index contributed by atoms with van der Waals surface area (Å²) >= 11 is 5.37. The number of carbonyl (C=O) groups excluding carboxylic acids is 2. The second kappa shape index (κ2) is 9.08. The van der Waals surface area contributed by atoms with Crippen molar-refractivity contribution in [1.82, 2.24) is 14.8 Å². The molecule has 1 aliphatic heterocycles. The summed E-state index contributed by atoms with van der Waals surface area (Å²) in [6.07, 6.45) is 3.66. The number of benzene rings is 3. The van der Waals surface area contributed by atoms with E-state index in [0.29, 0.717) is 6.54 Å². The minimum atomic E-state index is -0.480. The molecule has 4 aromatic rings. The lowest BCUT2D eigenvalue weighted by atomic mass is 10.0. The van der Waals surface area contributed by atoms with Crippen LogP contribution in [0.25, 0.3) is 17.0 Å². The van der Waals surface area contributed by atoms with Crippen molar-refractivity contribution in [3.63, 3.8) is 0 Å². The molecule has 1 fully saturated rings. The first-order chi connectivity index (χ1) is 16.5. The van der Waals surface area contributed by atoms with Gasteiger partial charge < -0.3 is 4.57 Å². The monoisotopic (exact) mass is 465 g/mol. The highest BCUT2D eigenvalue weighted by Crippen LogP contribution is 2.28. The number of thiocarbonyl (C=S) groups is 1. The first kappa shape index (κ1) is 21.8. The van der Waals surface area contributed by atoms with Gasteiger partial charge in [0, 0.05) is 29.2 Å². The van der Waals surface area contributed by atoms with Crippen LogP contribution in [0.2, 0.25) is 0 Å². The molecule has 6 heteroatoms. The first-order valence-corrected chi connectivity index (χ1v) is 11.5. The van der Waals surface area contributed by atoms with E-state index < -0.39 is 11.8 Å². The highest BCUT2D eigenvalue weighted by molar-refractivity contribution is 7.80. The maximum absolute atomic E-state index is 13.5. The molecule has 5 nitrogen and oxygen atoms in total. The number of para-hydroxylation sites is 1. The van der Waals surface area contributed by atoms with E-state index in [4.69, 9.17) is 12.2 Å². The second-order valence-corrected chi connectivity index (χ2v) is 8.68. The molecule has 1 atom stereocenters. The highest BCUT2D eigenvalue weighted by atomic mass is 32.1. The van der Waals surface area contributed by atoms with Crippen molar-refractivity contribution in [1.29, 1.82) is 0 Å². The van der Waals surface area contributed by atoms with Gasteiger partial charge in [-0.1, -0.05) is 78.9 Å². The first-order valence-electron chi connectivity index (χ1n) is 11.1. The Morgan fingerprint density at radius 1 is 0.912 bits per heavy atom. The molecule has 1 saturated heterocycles. The Morgan fingerprint density at radius 2 is 1.56 bits per heavy atom. The largest absolute Gasteiger partial charge is 0.342 e. The number of nitrogens with one attached hydrogen (secondary N) is 1. The van der Waals surface area contributed by atoms with Gasteiger partial charge in [0.1, 0.15) is 5.57 Å². The average molecular weight is 466 g/mol. The fraction of sp³-hybridized carbons (Fsp3) is 0.107. The lowest BCUT2D eigenvalue weighted by Gasteiger charge is -2.33. The summed E-state index contributed by atoms with van der Waals surface area (Å²) in [6, 6.07) is 27.5. The number of hydrogen-bond donors (Lipinski definition) is 1. The fourth-order valence-corrected chi connectivity index (χ4v) is 4.69. The van der Waals surface area contributed by atoms with E-state index >= 15 is 0 Å². The summed E-state index contributed by atoms with van der Waals surface area (Å²) in [5.74, 6) is -0.878. The second-order valence-electron chi connectivity index (χ2n) is 8.29. The van der Waals surface area contributed by atoms with Gasteiger partial charge in [-0.05, 0) is 42.4 Å². The number of rotatable bonds is 5. The molecule has 0 spiro atoms. The Bertz CT molecular complexity index is 1420. The van der Waals surface area contributed by atoms with Crippen molar-refractivity contribution in [3.05, 3.63) is 113 Å². The molecule has 1 aliphatic rings. The predicted molar refractivity (Wildman–Crippen MR) is 138 cm³/mol. The van der Waals surface area contributed by atoms with Crippen LogP contribution in [0.3, 0.4) is 0 Å². The average Bonchev–Trinajstić information content (AvgIpc) is 3.20. The number of carbonyl (C=O) groups is 2. The number of hydrogen-bond acceptors (Lipinski definition) is 3. The molecule has 168 valence electrons. The summed E-state index contributed by atoms with van der Waals surface area (Å²) in [4.78, 5) is 27.8. The fourth-order valence-electron chi connectivity index (χ4n) is 4.36. The van der Waals surface area contributed by atoms with Gasteiger partial charge in [-0.25, -0.2) is 0 Å². The summed E-state index contributed by atoms with van der Waals surface area (Å²) in [5.41, 5.74) is 4.02. The molecule has 1 N–H and O–H groups in total. The molecular formula is C28H23N3O2S. The van der Waals surface area contributed by atoms with Crippen molar-refractivity contribution in [2.45, 2.75) is 19.5 Å². The van der Waals surface area contributed by atoms with Gasteiger partial charge in [-0.2, -0.15) is 0 Å². The van der Waals surface area contributed by atoms with Gasteiger partial charge in [-0.3, -0.25) is 19.8 Å². The normalized spacial score (nSPS) is 16.2. The zero-order chi connectivity index (χ0) is 23.7. The van der Waals surface area contributed by atoms with Crippen LogP contribution in [-0.4, -0.2) is 26.4 Å². The maximum Gasteiger partial charge on any atom is 0.266 e. The predicted octanol–water partition coefficient (Wildman–Crippen LogP) is 5.08. The molecule has 0 aliphatic carbocycles. The van der Waals surface area contributed by atoms with Gasteiger partial charge >= 0.3 is 0 Å². The van der Waals surface area contributed by atoms with E-state index in [9.17, 15) is 9.59 Å². The molecule has 34 heavy (non-hydrogen) atoms. The third-order valence-corrected chi connectivity index (χ3v) is 6.42. The van der Waals surface area contributed by atoms with Crippen LogP contribution in [0.5, 0.6) is 0 Å². The summed E-state index contributed by atoms with van der Waals surface area (Å²) < 4.78 is 2.14. The van der Waals surface area contributed by atoms with E-state index in [-0.39, 0.29) is 16.7 Å². The van der Waals surface area contributed by atoms with Crippen LogP contribution in [0.15, 0.2) is 96.7 Å². The third-order valence-electron chi connectivity index (χ3n) is 6.12. The van der Waals surface area contributed by atoms with E-state index in [1.807, 2.05) is 85.9 Å². The van der Waals surface area contributed by atoms with Crippen LogP contribution in [0.1, 0.15) is 29.7 Å². The van der Waals surface area contributed by atoms with Crippen LogP contribution in [0, 0.1) is 0 Å². The molecule has 3 aromatic carbocycles. The van der Waals surface area contributed by atoms with E-state index in [2.05, 4.69) is 22.0 Å². The van der Waals surface area contributed by atoms with E-state index in [1.54, 1.807) is 6.08 Å². The van der Waals surface area contributed by atoms with Gasteiger partial charge in [0.15, 0.2) is 5.11 Å². The van der Waals surface area contributed by atoms with E-state index in [1.165, 1.54) is 10.5 Å². The van der Waals surface area contributed by atoms with Crippen molar-refractivity contribution < 1.29 is 9.59 Å². The van der Waals surface area contributed by atoms with Gasteiger partial charge in [0.25, 0.3) is 11.8 Å². The molecule has 5 rings (SSSR count). The van der Waals surface area contributed by atoms with Crippen LogP contribution >= 0.6 is 12.2 Å². The Kier molecular flexibility index (Phi) is 5.82. The molecule has 0 bridgehead atoms. The summed E-state index contributed by atoms with van der Waals surface area (Å²) in [6.45, 7) is 2.59. The van der Waals surface area contributed by atoms with Gasteiger partial charge in [0.2, 0.25) is 0 Å². The van der Waals surface area contributed by atoms with E-state index in [0.717, 1.165) is 22.0 Å². The summed E-state index contributed by atoms with van der Waals surface area (Å²) in [7, 11) is 0. The Morgan fingerprint density at radius 3 is 2.29 bits per heavy atom. The molecule has 2 heterocycles. The standard InChI is InChI=1S/C28H23N3O2S/c1-19(21-12-6-3-7-13-21)31-27(33)24(26(32)29-28(31)34)16-22-18-30(17-20-10-4-2-5-11-20)25-15-9-8-14-23(22)25/h2-16,18-19H,17H2,1H3,(H,29,32,34)/b24-16+/t19-/m0/s1. The van der Waals surface area contributed by atoms with Crippen molar-refractivity contribution in [2.75, 3.05) is 0 Å². The molecule has 0 unspecified atom stereocenters. The molecule has 1 aromatic heterocycles. The highest BCUT2D eigenvalue weighted by Gasteiger charge is 2.36. The van der Waals surface area contributed by atoms with Crippen LogP contribution in [0.4, 0.5) is 0 Å². The Hall–Kier alpha value is -4.03. The third kappa shape index (κ3) is 4.04. The zero-order valence-electron chi connectivity index (χ0n) is 18.6. The molecular weight excluding hydrogens is 442 g/mol. The number of aromatic nitrogens is 1. The molecule has 0 saturated carbocycles. The maximum atomic E-state index is 13.5. The Balaban J connectivity index is 1.54. The minimum Gasteiger partial charge on any atom is -0.342 e. The molecule has 2 amide bonds. The lowest BCUT2D eigenvalue weighted by Crippen LogP contribution is -2.54. The number of fused-ring (bicyclic) bond motifs is 1. The quantitative estimate of drug-likeness (QED) is 0.254. The number of nitrogens with zero attached hydrogens (tertiary/aromatic N) is 2. The minimum absolute atomic E-state index is 0.0685. The van der Waals surface area contributed by atoms with Crippen molar-refractivity contribution >= 4 is 46.1 Å². The van der Waals surface area contributed by atoms with Gasteiger partial charge in [-0.15, -0.1) is 0 Å². The molecule has 0 radical (unpaired) electrons. The van der Waals surface area contributed by atoms with Crippen molar-refractivity contribution in [3.8, 4) is 0 Å². The van der Waals surface area contributed by atoms with Crippen LogP contribution < -0.4 is 5.32 Å². The SMILES string of the molecule is C[C@@H](c1ccccc1)N1C(=O)/C(=C/c2cn(Cc3ccccc3)c3ccccc23)C(=O)NC1=S.